The summed E-state index contributed by atoms with van der Waals surface area (Å²) in [4.78, 5) is 34.8. The molecule has 0 radical (unpaired) electrons. The van der Waals surface area contributed by atoms with Gasteiger partial charge in [-0.05, 0) is 45.4 Å². The standard InChI is InChI=1S/C16H23N3O5/c1-10(2)24-16(21)14(18)13(4-3-9-17)15(20)11-5-7-12(8-6-11)19(22)23/h5-8,10,13-14H,3-4,9,17-18H2,1-2H3. The summed E-state index contributed by atoms with van der Waals surface area (Å²) in [5.41, 5.74) is 11.5. The molecule has 0 aliphatic rings. The summed E-state index contributed by atoms with van der Waals surface area (Å²) in [5, 5.41) is 10.7. The first-order chi connectivity index (χ1) is 11.3. The maximum absolute atomic E-state index is 12.7. The van der Waals surface area contributed by atoms with Crippen LogP contribution in [0.3, 0.4) is 0 Å². The number of carbonyl (C=O) groups excluding carboxylic acids is 2. The van der Waals surface area contributed by atoms with Crippen LogP contribution in [0.15, 0.2) is 24.3 Å². The average Bonchev–Trinajstić information content (AvgIpc) is 2.54. The highest BCUT2D eigenvalue weighted by Gasteiger charge is 2.32. The molecular formula is C16H23N3O5. The van der Waals surface area contributed by atoms with Gasteiger partial charge in [-0.3, -0.25) is 19.7 Å². The molecule has 1 aromatic carbocycles. The first-order valence-corrected chi connectivity index (χ1v) is 7.72. The summed E-state index contributed by atoms with van der Waals surface area (Å²) >= 11 is 0. The SMILES string of the molecule is CC(C)OC(=O)C(N)C(CCCN)C(=O)c1ccc([N+](=O)[O-])cc1. The third-order valence-corrected chi connectivity index (χ3v) is 3.48. The molecule has 8 heteroatoms. The molecule has 4 N–H and O–H groups in total. The van der Waals surface area contributed by atoms with Crippen LogP contribution in [-0.2, 0) is 9.53 Å². The number of nitrogens with two attached hydrogens (primary N) is 2. The predicted octanol–water partition coefficient (Wildman–Crippen LogP) is 1.41. The molecular weight excluding hydrogens is 314 g/mol. The number of benzene rings is 1. The van der Waals surface area contributed by atoms with E-state index < -0.39 is 22.9 Å². The number of non-ortho nitro benzene ring substituents is 1. The van der Waals surface area contributed by atoms with Gasteiger partial charge in [-0.15, -0.1) is 0 Å². The van der Waals surface area contributed by atoms with Gasteiger partial charge in [0.15, 0.2) is 5.78 Å². The number of carbonyl (C=O) groups is 2. The minimum atomic E-state index is -1.11. The van der Waals surface area contributed by atoms with Crippen LogP contribution in [0.5, 0.6) is 0 Å². The monoisotopic (exact) mass is 337 g/mol. The van der Waals surface area contributed by atoms with Crippen molar-refractivity contribution in [3.8, 4) is 0 Å². The lowest BCUT2D eigenvalue weighted by atomic mass is 9.87. The zero-order chi connectivity index (χ0) is 18.3. The predicted molar refractivity (Wildman–Crippen MR) is 88.4 cm³/mol. The molecule has 0 amide bonds. The summed E-state index contributed by atoms with van der Waals surface area (Å²) < 4.78 is 5.07. The number of esters is 1. The second-order valence-corrected chi connectivity index (χ2v) is 5.72. The minimum absolute atomic E-state index is 0.117. The van der Waals surface area contributed by atoms with Gasteiger partial charge in [0.2, 0.25) is 0 Å². The molecule has 0 aliphatic carbocycles. The van der Waals surface area contributed by atoms with Crippen molar-refractivity contribution in [3.05, 3.63) is 39.9 Å². The molecule has 24 heavy (non-hydrogen) atoms. The van der Waals surface area contributed by atoms with Gasteiger partial charge in [-0.25, -0.2) is 0 Å². The fourth-order valence-electron chi connectivity index (χ4n) is 2.25. The van der Waals surface area contributed by atoms with E-state index in [-0.39, 0.29) is 23.1 Å². The normalized spacial score (nSPS) is 13.4. The Kier molecular flexibility index (Phi) is 7.47. The largest absolute Gasteiger partial charge is 0.462 e. The number of nitro benzene ring substituents is 1. The smallest absolute Gasteiger partial charge is 0.323 e. The molecule has 8 nitrogen and oxygen atoms in total. The van der Waals surface area contributed by atoms with E-state index in [1.807, 2.05) is 0 Å². The Morgan fingerprint density at radius 2 is 1.83 bits per heavy atom. The van der Waals surface area contributed by atoms with Crippen LogP contribution in [0.1, 0.15) is 37.0 Å². The summed E-state index contributed by atoms with van der Waals surface area (Å²) in [7, 11) is 0. The topological polar surface area (TPSA) is 139 Å². The second kappa shape index (κ2) is 9.09. The number of ketones is 1. The lowest BCUT2D eigenvalue weighted by Gasteiger charge is -2.22. The zero-order valence-electron chi connectivity index (χ0n) is 13.8. The van der Waals surface area contributed by atoms with E-state index in [1.54, 1.807) is 13.8 Å². The van der Waals surface area contributed by atoms with E-state index in [0.29, 0.717) is 19.4 Å². The Balaban J connectivity index is 2.99. The highest BCUT2D eigenvalue weighted by Crippen LogP contribution is 2.20. The highest BCUT2D eigenvalue weighted by molar-refractivity contribution is 6.01. The molecule has 1 rings (SSSR count). The van der Waals surface area contributed by atoms with Crippen LogP contribution in [-0.4, -0.2) is 35.4 Å². The van der Waals surface area contributed by atoms with E-state index >= 15 is 0 Å². The minimum Gasteiger partial charge on any atom is -0.462 e. The maximum Gasteiger partial charge on any atom is 0.323 e. The van der Waals surface area contributed by atoms with Crippen LogP contribution >= 0.6 is 0 Å². The summed E-state index contributed by atoms with van der Waals surface area (Å²) in [6.45, 7) is 3.74. The molecule has 0 heterocycles. The van der Waals surface area contributed by atoms with E-state index in [0.717, 1.165) is 0 Å². The number of Topliss-reactive ketones (excluding diaryl/α,β-unsaturated/α-hetero) is 1. The zero-order valence-corrected chi connectivity index (χ0v) is 13.8. The Hall–Kier alpha value is -2.32. The van der Waals surface area contributed by atoms with Crippen molar-refractivity contribution in [1.29, 1.82) is 0 Å². The van der Waals surface area contributed by atoms with Crippen molar-refractivity contribution in [3.63, 3.8) is 0 Å². The Morgan fingerprint density at radius 1 is 1.25 bits per heavy atom. The summed E-state index contributed by atoms with van der Waals surface area (Å²) in [6.07, 6.45) is 0.514. The molecule has 132 valence electrons. The molecule has 0 spiro atoms. The number of hydrogen-bond donors (Lipinski definition) is 2. The lowest BCUT2D eigenvalue weighted by molar-refractivity contribution is -0.384. The van der Waals surface area contributed by atoms with Crippen LogP contribution in [0.2, 0.25) is 0 Å². The Morgan fingerprint density at radius 3 is 2.29 bits per heavy atom. The van der Waals surface area contributed by atoms with Gasteiger partial charge < -0.3 is 16.2 Å². The Labute approximate surface area is 140 Å². The quantitative estimate of drug-likeness (QED) is 0.300. The lowest BCUT2D eigenvalue weighted by Crippen LogP contribution is -2.44. The van der Waals surface area contributed by atoms with E-state index in [2.05, 4.69) is 0 Å². The summed E-state index contributed by atoms with van der Waals surface area (Å²) in [5.74, 6) is -1.80. The fraction of sp³-hybridized carbons (Fsp3) is 0.500. The van der Waals surface area contributed by atoms with Gasteiger partial charge in [-0.2, -0.15) is 0 Å². The number of nitro groups is 1. The van der Waals surface area contributed by atoms with E-state index in [4.69, 9.17) is 16.2 Å². The highest BCUT2D eigenvalue weighted by atomic mass is 16.6. The van der Waals surface area contributed by atoms with Gasteiger partial charge >= 0.3 is 5.97 Å². The molecule has 2 unspecified atom stereocenters. The fourth-order valence-corrected chi connectivity index (χ4v) is 2.25. The molecule has 0 aliphatic heterocycles. The first-order valence-electron chi connectivity index (χ1n) is 7.72. The number of nitrogens with zero attached hydrogens (tertiary/aromatic N) is 1. The van der Waals surface area contributed by atoms with Crippen LogP contribution in [0.4, 0.5) is 5.69 Å². The number of hydrogen-bond acceptors (Lipinski definition) is 7. The molecule has 0 bridgehead atoms. The summed E-state index contributed by atoms with van der Waals surface area (Å²) in [6, 6.07) is 4.09. The third-order valence-electron chi connectivity index (χ3n) is 3.48. The van der Waals surface area contributed by atoms with Crippen molar-refractivity contribution >= 4 is 17.4 Å². The maximum atomic E-state index is 12.7. The second-order valence-electron chi connectivity index (χ2n) is 5.72. The van der Waals surface area contributed by atoms with Gasteiger partial charge in [0, 0.05) is 23.6 Å². The van der Waals surface area contributed by atoms with Crippen molar-refractivity contribution < 1.29 is 19.2 Å². The Bertz CT molecular complexity index is 586. The number of ether oxygens (including phenoxy) is 1. The van der Waals surface area contributed by atoms with Gasteiger partial charge in [-0.1, -0.05) is 0 Å². The van der Waals surface area contributed by atoms with Gasteiger partial charge in [0.25, 0.3) is 5.69 Å². The first kappa shape index (κ1) is 19.7. The molecule has 0 saturated heterocycles. The molecule has 0 saturated carbocycles. The average molecular weight is 337 g/mol. The number of rotatable bonds is 9. The molecule has 2 atom stereocenters. The molecule has 0 fully saturated rings. The third kappa shape index (κ3) is 5.39. The molecule has 0 aromatic heterocycles. The van der Waals surface area contributed by atoms with Crippen molar-refractivity contribution in [1.82, 2.24) is 0 Å². The van der Waals surface area contributed by atoms with Crippen molar-refractivity contribution in [2.75, 3.05) is 6.54 Å². The van der Waals surface area contributed by atoms with Crippen molar-refractivity contribution in [2.24, 2.45) is 17.4 Å². The van der Waals surface area contributed by atoms with Crippen LogP contribution < -0.4 is 11.5 Å². The van der Waals surface area contributed by atoms with E-state index in [9.17, 15) is 19.7 Å². The van der Waals surface area contributed by atoms with Crippen LogP contribution in [0.25, 0.3) is 0 Å². The van der Waals surface area contributed by atoms with Gasteiger partial charge in [0.1, 0.15) is 6.04 Å². The molecule has 1 aromatic rings. The van der Waals surface area contributed by atoms with Crippen molar-refractivity contribution in [2.45, 2.75) is 38.8 Å². The van der Waals surface area contributed by atoms with Gasteiger partial charge in [0.05, 0.1) is 11.0 Å². The van der Waals surface area contributed by atoms with Crippen LogP contribution in [0, 0.1) is 16.0 Å². The van der Waals surface area contributed by atoms with E-state index in [1.165, 1.54) is 24.3 Å².